The Kier molecular flexibility index (Phi) is 5.08. The molecule has 3 rings (SSSR count). The second-order valence-corrected chi connectivity index (χ2v) is 5.49. The highest BCUT2D eigenvalue weighted by Gasteiger charge is 2.23. The largest absolute Gasteiger partial charge is 0.465 e. The summed E-state index contributed by atoms with van der Waals surface area (Å²) in [4.78, 5) is 36.5. The molecule has 1 aliphatic rings. The molecule has 0 spiro atoms. The number of amides is 2. The number of rotatable bonds is 3. The molecule has 1 saturated heterocycles. The quantitative estimate of drug-likeness (QED) is 0.854. The van der Waals surface area contributed by atoms with Crippen LogP contribution in [-0.4, -0.2) is 60.2 Å². The fourth-order valence-corrected chi connectivity index (χ4v) is 2.64. The number of nitrogens with zero attached hydrogens (tertiary/aromatic N) is 4. The number of methoxy groups -OCH3 is 1. The molecule has 2 amide bonds. The molecule has 0 radical (unpaired) electrons. The molecule has 1 fully saturated rings. The molecule has 0 atom stereocenters. The average molecular weight is 341 g/mol. The monoisotopic (exact) mass is 341 g/mol. The fraction of sp³-hybridized carbons (Fsp3) is 0.294. The van der Waals surface area contributed by atoms with E-state index in [4.69, 9.17) is 4.74 Å². The summed E-state index contributed by atoms with van der Waals surface area (Å²) in [5.41, 5.74) is 0.767. The van der Waals surface area contributed by atoms with Crippen molar-refractivity contribution in [1.82, 2.24) is 14.9 Å². The summed E-state index contributed by atoms with van der Waals surface area (Å²) in [5.74, 6) is 0.181. The minimum Gasteiger partial charge on any atom is -0.465 e. The minimum atomic E-state index is -0.484. The summed E-state index contributed by atoms with van der Waals surface area (Å²) in [6.07, 6.45) is 3.40. The molecule has 8 heteroatoms. The molecule has 2 aromatic rings. The molecule has 2 heterocycles. The Morgan fingerprint density at radius 2 is 1.72 bits per heavy atom. The Hall–Kier alpha value is -3.16. The molecule has 1 aromatic carbocycles. The number of urea groups is 1. The van der Waals surface area contributed by atoms with Crippen LogP contribution < -0.4 is 10.2 Å². The fourth-order valence-electron chi connectivity index (χ4n) is 2.64. The summed E-state index contributed by atoms with van der Waals surface area (Å²) in [7, 11) is 1.31. The van der Waals surface area contributed by atoms with Crippen molar-refractivity contribution in [3.8, 4) is 0 Å². The van der Waals surface area contributed by atoms with E-state index in [1.807, 2.05) is 4.90 Å². The smallest absolute Gasteiger partial charge is 0.339 e. The van der Waals surface area contributed by atoms with Crippen LogP contribution >= 0.6 is 0 Å². The number of nitrogens with one attached hydrogen (secondary N) is 1. The summed E-state index contributed by atoms with van der Waals surface area (Å²) in [5, 5.41) is 2.79. The van der Waals surface area contributed by atoms with E-state index in [1.165, 1.54) is 7.11 Å². The van der Waals surface area contributed by atoms with E-state index in [2.05, 4.69) is 15.3 Å². The van der Waals surface area contributed by atoms with Gasteiger partial charge in [-0.3, -0.25) is 0 Å². The van der Waals surface area contributed by atoms with Gasteiger partial charge >= 0.3 is 12.0 Å². The van der Waals surface area contributed by atoms with E-state index in [1.54, 1.807) is 47.6 Å². The highest BCUT2D eigenvalue weighted by molar-refractivity contribution is 6.00. The highest BCUT2D eigenvalue weighted by Crippen LogP contribution is 2.17. The van der Waals surface area contributed by atoms with Crippen molar-refractivity contribution >= 4 is 23.6 Å². The van der Waals surface area contributed by atoms with E-state index in [0.717, 1.165) is 0 Å². The van der Waals surface area contributed by atoms with Gasteiger partial charge in [-0.2, -0.15) is 0 Å². The number of carbonyl (C=O) groups is 2. The van der Waals surface area contributed by atoms with Crippen LogP contribution in [-0.2, 0) is 4.74 Å². The zero-order valence-electron chi connectivity index (χ0n) is 13.9. The summed E-state index contributed by atoms with van der Waals surface area (Å²) < 4.78 is 4.74. The third-order valence-electron chi connectivity index (χ3n) is 3.98. The lowest BCUT2D eigenvalue weighted by molar-refractivity contribution is 0.0602. The van der Waals surface area contributed by atoms with Gasteiger partial charge < -0.3 is 19.9 Å². The Bertz CT molecular complexity index is 745. The lowest BCUT2D eigenvalue weighted by Crippen LogP contribution is -2.50. The van der Waals surface area contributed by atoms with Gasteiger partial charge in [0.25, 0.3) is 0 Å². The van der Waals surface area contributed by atoms with Gasteiger partial charge in [0, 0.05) is 38.6 Å². The zero-order chi connectivity index (χ0) is 17.6. The van der Waals surface area contributed by atoms with Crippen LogP contribution in [0.15, 0.2) is 42.7 Å². The molecule has 8 nitrogen and oxygen atoms in total. The van der Waals surface area contributed by atoms with Gasteiger partial charge in [-0.05, 0) is 18.2 Å². The number of benzene rings is 1. The maximum Gasteiger partial charge on any atom is 0.339 e. The molecule has 25 heavy (non-hydrogen) atoms. The van der Waals surface area contributed by atoms with E-state index in [-0.39, 0.29) is 6.03 Å². The molecular weight excluding hydrogens is 322 g/mol. The third-order valence-corrected chi connectivity index (χ3v) is 3.98. The Morgan fingerprint density at radius 3 is 2.40 bits per heavy atom. The van der Waals surface area contributed by atoms with Gasteiger partial charge in [0.1, 0.15) is 0 Å². The first-order chi connectivity index (χ1) is 12.2. The summed E-state index contributed by atoms with van der Waals surface area (Å²) in [6, 6.07) is 8.30. The van der Waals surface area contributed by atoms with Crippen LogP contribution in [0.4, 0.5) is 16.4 Å². The maximum atomic E-state index is 12.5. The SMILES string of the molecule is COC(=O)c1ccccc1NC(=O)N1CCN(c2ncccn2)CC1. The molecule has 1 N–H and O–H groups in total. The van der Waals surface area contributed by atoms with E-state index in [9.17, 15) is 9.59 Å². The van der Waals surface area contributed by atoms with Crippen molar-refractivity contribution in [3.63, 3.8) is 0 Å². The Morgan fingerprint density at radius 1 is 1.04 bits per heavy atom. The van der Waals surface area contributed by atoms with Gasteiger partial charge in [0.05, 0.1) is 18.4 Å². The van der Waals surface area contributed by atoms with Crippen LogP contribution in [0.2, 0.25) is 0 Å². The van der Waals surface area contributed by atoms with E-state index >= 15 is 0 Å². The van der Waals surface area contributed by atoms with Gasteiger partial charge in [0.2, 0.25) is 5.95 Å². The van der Waals surface area contributed by atoms with Crippen LogP contribution in [0.25, 0.3) is 0 Å². The van der Waals surface area contributed by atoms with Gasteiger partial charge in [-0.1, -0.05) is 12.1 Å². The van der Waals surface area contributed by atoms with Crippen molar-refractivity contribution < 1.29 is 14.3 Å². The third kappa shape index (κ3) is 3.85. The second-order valence-electron chi connectivity index (χ2n) is 5.49. The predicted octanol–water partition coefficient (Wildman–Crippen LogP) is 1.62. The van der Waals surface area contributed by atoms with Gasteiger partial charge in [0.15, 0.2) is 0 Å². The average Bonchev–Trinajstić information content (AvgIpc) is 2.68. The van der Waals surface area contributed by atoms with Crippen molar-refractivity contribution in [1.29, 1.82) is 0 Å². The molecule has 0 bridgehead atoms. The minimum absolute atomic E-state index is 0.245. The number of hydrogen-bond acceptors (Lipinski definition) is 6. The normalized spacial score (nSPS) is 14.1. The first-order valence-corrected chi connectivity index (χ1v) is 7.94. The van der Waals surface area contributed by atoms with E-state index < -0.39 is 5.97 Å². The number of ether oxygens (including phenoxy) is 1. The molecule has 0 unspecified atom stereocenters. The first kappa shape index (κ1) is 16.7. The Labute approximate surface area is 145 Å². The molecule has 0 aliphatic carbocycles. The zero-order valence-corrected chi connectivity index (χ0v) is 13.9. The number of para-hydroxylation sites is 1. The predicted molar refractivity (Wildman–Crippen MR) is 92.6 cm³/mol. The molecule has 1 aliphatic heterocycles. The van der Waals surface area contributed by atoms with Crippen molar-refractivity contribution in [3.05, 3.63) is 48.3 Å². The Balaban J connectivity index is 1.61. The van der Waals surface area contributed by atoms with Crippen LogP contribution in [0.1, 0.15) is 10.4 Å². The molecular formula is C17H19N5O3. The lowest BCUT2D eigenvalue weighted by Gasteiger charge is -2.34. The maximum absolute atomic E-state index is 12.5. The molecule has 130 valence electrons. The summed E-state index contributed by atoms with van der Waals surface area (Å²) >= 11 is 0. The van der Waals surface area contributed by atoms with Gasteiger partial charge in [-0.15, -0.1) is 0 Å². The van der Waals surface area contributed by atoms with Crippen LogP contribution in [0.3, 0.4) is 0 Å². The van der Waals surface area contributed by atoms with Gasteiger partial charge in [-0.25, -0.2) is 19.6 Å². The van der Waals surface area contributed by atoms with Crippen molar-refractivity contribution in [2.75, 3.05) is 43.5 Å². The lowest BCUT2D eigenvalue weighted by atomic mass is 10.2. The van der Waals surface area contributed by atoms with E-state index in [0.29, 0.717) is 43.4 Å². The number of anilines is 2. The van der Waals surface area contributed by atoms with Crippen molar-refractivity contribution in [2.45, 2.75) is 0 Å². The number of esters is 1. The number of hydrogen-bond donors (Lipinski definition) is 1. The molecule has 1 aromatic heterocycles. The summed E-state index contributed by atoms with van der Waals surface area (Å²) in [6.45, 7) is 2.39. The van der Waals surface area contributed by atoms with Crippen molar-refractivity contribution in [2.24, 2.45) is 0 Å². The second kappa shape index (κ2) is 7.61. The van der Waals surface area contributed by atoms with Crippen LogP contribution in [0.5, 0.6) is 0 Å². The highest BCUT2D eigenvalue weighted by atomic mass is 16.5. The standard InChI is InChI=1S/C17H19N5O3/c1-25-15(23)13-5-2-3-6-14(13)20-17(24)22-11-9-21(10-12-22)16-18-7-4-8-19-16/h2-8H,9-12H2,1H3,(H,20,24). The number of aromatic nitrogens is 2. The number of piperazine rings is 1. The number of carbonyl (C=O) groups excluding carboxylic acids is 2. The topological polar surface area (TPSA) is 87.7 Å². The first-order valence-electron chi connectivity index (χ1n) is 7.94. The van der Waals surface area contributed by atoms with Crippen LogP contribution in [0, 0.1) is 0 Å². The molecule has 0 saturated carbocycles.